The summed E-state index contributed by atoms with van der Waals surface area (Å²) in [5, 5.41) is 6.84. The zero-order valence-electron chi connectivity index (χ0n) is 15.7. The molecule has 28 heavy (non-hydrogen) atoms. The van der Waals surface area contributed by atoms with Gasteiger partial charge in [-0.25, -0.2) is 14.4 Å². The van der Waals surface area contributed by atoms with Crippen molar-refractivity contribution in [2.24, 2.45) is 0 Å². The summed E-state index contributed by atoms with van der Waals surface area (Å²) in [6.07, 6.45) is 5.30. The number of nitrogens with zero attached hydrogens (tertiary/aromatic N) is 3. The summed E-state index contributed by atoms with van der Waals surface area (Å²) >= 11 is 1.44. The number of rotatable bonds is 5. The van der Waals surface area contributed by atoms with E-state index in [1.165, 1.54) is 11.3 Å². The van der Waals surface area contributed by atoms with E-state index in [1.807, 2.05) is 6.92 Å². The van der Waals surface area contributed by atoms with Crippen LogP contribution in [0.3, 0.4) is 0 Å². The molecule has 6 nitrogen and oxygen atoms in total. The van der Waals surface area contributed by atoms with E-state index in [1.54, 1.807) is 12.3 Å². The second-order valence-electron chi connectivity index (χ2n) is 7.03. The van der Waals surface area contributed by atoms with Crippen molar-refractivity contribution >= 4 is 23.1 Å². The molecular weight excluding hydrogens is 377 g/mol. The van der Waals surface area contributed by atoms with Crippen molar-refractivity contribution in [3.63, 3.8) is 0 Å². The number of anilines is 1. The van der Waals surface area contributed by atoms with Crippen LogP contribution in [0.4, 0.5) is 10.2 Å². The Bertz CT molecular complexity index is 970. The van der Waals surface area contributed by atoms with Gasteiger partial charge < -0.3 is 15.5 Å². The molecule has 8 heteroatoms. The topological polar surface area (TPSA) is 70.2 Å². The van der Waals surface area contributed by atoms with Crippen molar-refractivity contribution in [1.29, 1.82) is 0 Å². The first kappa shape index (κ1) is 18.6. The summed E-state index contributed by atoms with van der Waals surface area (Å²) in [5.41, 5.74) is 2.04. The summed E-state index contributed by atoms with van der Waals surface area (Å²) < 4.78 is 15.1. The maximum Gasteiger partial charge on any atom is 0.254 e. The quantitative estimate of drug-likeness (QED) is 0.754. The van der Waals surface area contributed by atoms with Gasteiger partial charge in [0.25, 0.3) is 5.91 Å². The van der Waals surface area contributed by atoms with E-state index in [0.29, 0.717) is 23.4 Å². The number of halogens is 1. The maximum atomic E-state index is 15.1. The Morgan fingerprint density at radius 2 is 2.36 bits per heavy atom. The van der Waals surface area contributed by atoms with Crippen molar-refractivity contribution in [2.45, 2.75) is 32.4 Å². The van der Waals surface area contributed by atoms with Crippen molar-refractivity contribution in [3.8, 4) is 10.6 Å². The van der Waals surface area contributed by atoms with Crippen molar-refractivity contribution in [1.82, 2.24) is 20.2 Å². The Hall–Kier alpha value is -2.74. The Morgan fingerprint density at radius 3 is 3.07 bits per heavy atom. The van der Waals surface area contributed by atoms with E-state index in [2.05, 4.69) is 38.7 Å². The van der Waals surface area contributed by atoms with Crippen LogP contribution >= 0.6 is 11.3 Å². The van der Waals surface area contributed by atoms with Crippen LogP contribution in [0.1, 0.15) is 33.8 Å². The zero-order valence-corrected chi connectivity index (χ0v) is 16.5. The molecule has 0 radical (unpaired) electrons. The highest BCUT2D eigenvalue weighted by molar-refractivity contribution is 7.15. The number of amides is 1. The van der Waals surface area contributed by atoms with Gasteiger partial charge in [0, 0.05) is 43.1 Å². The molecule has 0 bridgehead atoms. The third-order valence-corrected chi connectivity index (χ3v) is 6.07. The Labute approximate surface area is 167 Å². The van der Waals surface area contributed by atoms with Gasteiger partial charge >= 0.3 is 0 Å². The van der Waals surface area contributed by atoms with Gasteiger partial charge in [0.2, 0.25) is 0 Å². The van der Waals surface area contributed by atoms with Crippen molar-refractivity contribution in [3.05, 3.63) is 53.1 Å². The molecule has 1 saturated heterocycles. The predicted molar refractivity (Wildman–Crippen MR) is 109 cm³/mol. The summed E-state index contributed by atoms with van der Waals surface area (Å²) in [4.78, 5) is 24.0. The Morgan fingerprint density at radius 1 is 1.54 bits per heavy atom. The van der Waals surface area contributed by atoms with Crippen LogP contribution in [0.5, 0.6) is 0 Å². The summed E-state index contributed by atoms with van der Waals surface area (Å²) in [7, 11) is 0. The third kappa shape index (κ3) is 3.28. The molecule has 1 fully saturated rings. The lowest BCUT2D eigenvalue weighted by molar-refractivity contribution is 0.0966. The Balaban J connectivity index is 1.69. The molecule has 0 aromatic carbocycles. The van der Waals surface area contributed by atoms with E-state index in [9.17, 15) is 4.79 Å². The number of carbonyl (C=O) groups excluding carboxylic acids is 1. The number of nitrogens with one attached hydrogen (secondary N) is 2. The molecule has 4 heterocycles. The van der Waals surface area contributed by atoms with Crippen LogP contribution in [0.15, 0.2) is 31.1 Å². The van der Waals surface area contributed by atoms with Gasteiger partial charge in [-0.15, -0.1) is 11.3 Å². The molecule has 1 atom stereocenters. The standard InChI is InChI=1S/C20H22FN5OS/c1-4-11(2)26-7-5-6-13(10-26)24-19-17(21)14-8-23-20(27)16(14)18(25-19)15-9-22-12(3)28-15/h4,9,13H,1-2,5-8,10H2,3H3,(H,23,27)(H,24,25). The molecule has 2 aliphatic heterocycles. The first-order valence-corrected chi connectivity index (χ1v) is 10.1. The third-order valence-electron chi connectivity index (χ3n) is 5.15. The second-order valence-corrected chi connectivity index (χ2v) is 8.26. The molecule has 2 aliphatic rings. The summed E-state index contributed by atoms with van der Waals surface area (Å²) in [6, 6.07) is 0.0339. The zero-order chi connectivity index (χ0) is 19.8. The highest BCUT2D eigenvalue weighted by atomic mass is 32.1. The minimum absolute atomic E-state index is 0.0339. The fourth-order valence-electron chi connectivity index (χ4n) is 3.70. The smallest absolute Gasteiger partial charge is 0.254 e. The number of carbonyl (C=O) groups is 1. The molecule has 2 aromatic heterocycles. The number of allylic oxidation sites excluding steroid dienone is 1. The first-order chi connectivity index (χ1) is 13.5. The summed E-state index contributed by atoms with van der Waals surface area (Å²) in [5.74, 6) is -0.564. The second kappa shape index (κ2) is 7.35. The summed E-state index contributed by atoms with van der Waals surface area (Å²) in [6.45, 7) is 11.5. The van der Waals surface area contributed by atoms with Crippen molar-refractivity contribution < 1.29 is 9.18 Å². The van der Waals surface area contributed by atoms with Gasteiger partial charge in [-0.2, -0.15) is 0 Å². The number of thiazole rings is 1. The van der Waals surface area contributed by atoms with Crippen LogP contribution in [0.2, 0.25) is 0 Å². The van der Waals surface area contributed by atoms with E-state index in [4.69, 9.17) is 0 Å². The van der Waals surface area contributed by atoms with E-state index in [0.717, 1.165) is 35.0 Å². The number of hydrogen-bond donors (Lipinski definition) is 2. The maximum absolute atomic E-state index is 15.1. The Kier molecular flexibility index (Phi) is 4.89. The minimum Gasteiger partial charge on any atom is -0.370 e. The number of aromatic nitrogens is 2. The molecule has 4 rings (SSSR count). The SMILES string of the molecule is C=CC(=C)N1CCCC(Nc2nc(-c3cnc(C)s3)c3c(c2F)CNC3=O)C1. The molecule has 0 saturated carbocycles. The fourth-order valence-corrected chi connectivity index (χ4v) is 4.48. The molecule has 1 amide bonds. The monoisotopic (exact) mass is 399 g/mol. The number of hydrogen-bond acceptors (Lipinski definition) is 6. The molecule has 2 N–H and O–H groups in total. The highest BCUT2D eigenvalue weighted by Gasteiger charge is 2.32. The molecule has 0 aliphatic carbocycles. The number of pyridine rings is 1. The first-order valence-electron chi connectivity index (χ1n) is 9.24. The molecule has 1 unspecified atom stereocenters. The predicted octanol–water partition coefficient (Wildman–Crippen LogP) is 3.47. The van der Waals surface area contributed by atoms with Gasteiger partial charge in [0.05, 0.1) is 21.1 Å². The molecule has 146 valence electrons. The van der Waals surface area contributed by atoms with Gasteiger partial charge in [-0.1, -0.05) is 13.2 Å². The van der Waals surface area contributed by atoms with Crippen LogP contribution in [-0.2, 0) is 6.54 Å². The van der Waals surface area contributed by atoms with Crippen molar-refractivity contribution in [2.75, 3.05) is 18.4 Å². The average Bonchev–Trinajstić information content (AvgIpc) is 3.30. The average molecular weight is 399 g/mol. The number of likely N-dealkylation sites (tertiary alicyclic amines) is 1. The molecular formula is C20H22FN5OS. The number of piperidine rings is 1. The van der Waals surface area contributed by atoms with Gasteiger partial charge in [-0.3, -0.25) is 4.79 Å². The molecule has 0 spiro atoms. The van der Waals surface area contributed by atoms with Crippen LogP contribution in [0.25, 0.3) is 10.6 Å². The van der Waals surface area contributed by atoms with E-state index >= 15 is 4.39 Å². The van der Waals surface area contributed by atoms with Gasteiger partial charge in [-0.05, 0) is 25.8 Å². The lowest BCUT2D eigenvalue weighted by Crippen LogP contribution is -2.41. The van der Waals surface area contributed by atoms with Crippen LogP contribution in [0, 0.1) is 12.7 Å². The van der Waals surface area contributed by atoms with Gasteiger partial charge in [0.1, 0.15) is 0 Å². The minimum atomic E-state index is -0.460. The van der Waals surface area contributed by atoms with E-state index < -0.39 is 5.82 Å². The largest absolute Gasteiger partial charge is 0.370 e. The normalized spacial score (nSPS) is 18.6. The molecule has 2 aromatic rings. The van der Waals surface area contributed by atoms with E-state index in [-0.39, 0.29) is 24.3 Å². The lowest BCUT2D eigenvalue weighted by Gasteiger charge is -2.35. The number of fused-ring (bicyclic) bond motifs is 1. The van der Waals surface area contributed by atoms with Gasteiger partial charge in [0.15, 0.2) is 11.6 Å². The number of aryl methyl sites for hydroxylation is 1. The fraction of sp³-hybridized carbons (Fsp3) is 0.350. The van der Waals surface area contributed by atoms with Crippen LogP contribution in [-0.4, -0.2) is 39.9 Å². The van der Waals surface area contributed by atoms with Crippen LogP contribution < -0.4 is 10.6 Å². The lowest BCUT2D eigenvalue weighted by atomic mass is 10.0. The highest BCUT2D eigenvalue weighted by Crippen LogP contribution is 2.35.